The molecule has 4 aromatic rings. The highest BCUT2D eigenvalue weighted by Gasteiger charge is 2.42. The van der Waals surface area contributed by atoms with Crippen molar-refractivity contribution in [3.8, 4) is 11.3 Å². The van der Waals surface area contributed by atoms with Crippen LogP contribution in [0.1, 0.15) is 32.5 Å². The van der Waals surface area contributed by atoms with E-state index in [1.54, 1.807) is 6.07 Å². The Kier molecular flexibility index (Phi) is 5.02. The van der Waals surface area contributed by atoms with Gasteiger partial charge in [-0.25, -0.2) is 0 Å². The number of amides is 2. The first-order chi connectivity index (χ1) is 14.7. The van der Waals surface area contributed by atoms with E-state index in [1.165, 1.54) is 18.2 Å². The smallest absolute Gasteiger partial charge is 0.412 e. The summed E-state index contributed by atoms with van der Waals surface area (Å²) >= 11 is 0. The van der Waals surface area contributed by atoms with Gasteiger partial charge in [0.25, 0.3) is 5.91 Å². The van der Waals surface area contributed by atoms with Crippen molar-refractivity contribution in [2.24, 2.45) is 5.73 Å². The zero-order valence-electron chi connectivity index (χ0n) is 15.9. The summed E-state index contributed by atoms with van der Waals surface area (Å²) in [5.41, 5.74) is 6.53. The maximum atomic E-state index is 13.6. The average Bonchev–Trinajstić information content (AvgIpc) is 3.31. The van der Waals surface area contributed by atoms with Gasteiger partial charge in [-0.05, 0) is 17.7 Å². The molecule has 0 radical (unpaired) electrons. The van der Waals surface area contributed by atoms with E-state index >= 15 is 0 Å². The number of H-pyrrole nitrogens is 1. The molecule has 0 bridgehead atoms. The first kappa shape index (κ1) is 20.3. The van der Waals surface area contributed by atoms with Gasteiger partial charge in [0.15, 0.2) is 11.6 Å². The van der Waals surface area contributed by atoms with Gasteiger partial charge in [-0.2, -0.15) is 13.2 Å². The van der Waals surface area contributed by atoms with Crippen molar-refractivity contribution in [2.75, 3.05) is 0 Å². The van der Waals surface area contributed by atoms with Gasteiger partial charge in [0.2, 0.25) is 5.91 Å². The Bertz CT molecular complexity index is 1210. The second-order valence-corrected chi connectivity index (χ2v) is 6.87. The molecule has 4 rings (SSSR count). The molecule has 0 saturated carbocycles. The van der Waals surface area contributed by atoms with Crippen LogP contribution in [-0.2, 0) is 0 Å². The number of rotatable bonds is 5. The molecule has 4 N–H and O–H groups in total. The quantitative estimate of drug-likeness (QED) is 0.435. The van der Waals surface area contributed by atoms with Crippen molar-refractivity contribution in [3.05, 3.63) is 83.6 Å². The standard InChI is InChI=1S/C22H16F3N3O3/c23-22(24,25)19(13-6-8-14(9-7-13)20(26)29)28-21(30)16-11-18-15(27-16)10-17(31-18)12-4-2-1-3-5-12/h1-11,19,27H,(H2,26,29)(H,28,30)/t19-/m0/s1. The number of benzene rings is 2. The lowest BCUT2D eigenvalue weighted by Gasteiger charge is -2.22. The lowest BCUT2D eigenvalue weighted by Crippen LogP contribution is -2.38. The van der Waals surface area contributed by atoms with Gasteiger partial charge >= 0.3 is 6.18 Å². The Morgan fingerprint density at radius 2 is 1.68 bits per heavy atom. The predicted molar refractivity (Wildman–Crippen MR) is 107 cm³/mol. The van der Waals surface area contributed by atoms with Crippen LogP contribution >= 0.6 is 0 Å². The summed E-state index contributed by atoms with van der Waals surface area (Å²) in [6.45, 7) is 0. The number of furan rings is 1. The largest absolute Gasteiger partial charge is 0.454 e. The molecule has 31 heavy (non-hydrogen) atoms. The molecule has 9 heteroatoms. The molecule has 158 valence electrons. The van der Waals surface area contributed by atoms with E-state index in [1.807, 2.05) is 35.6 Å². The first-order valence-corrected chi connectivity index (χ1v) is 9.17. The first-order valence-electron chi connectivity index (χ1n) is 9.17. The van der Waals surface area contributed by atoms with Gasteiger partial charge in [-0.15, -0.1) is 0 Å². The van der Waals surface area contributed by atoms with Crippen molar-refractivity contribution >= 4 is 22.9 Å². The molecular weight excluding hydrogens is 411 g/mol. The highest BCUT2D eigenvalue weighted by Crippen LogP contribution is 2.33. The number of hydrogen-bond donors (Lipinski definition) is 3. The number of carbonyl (C=O) groups excluding carboxylic acids is 2. The fourth-order valence-electron chi connectivity index (χ4n) is 3.19. The number of alkyl halides is 3. The summed E-state index contributed by atoms with van der Waals surface area (Å²) in [4.78, 5) is 26.4. The summed E-state index contributed by atoms with van der Waals surface area (Å²) in [5, 5.41) is 1.98. The zero-order valence-corrected chi connectivity index (χ0v) is 15.9. The minimum Gasteiger partial charge on any atom is -0.454 e. The molecule has 0 aliphatic rings. The number of hydrogen-bond acceptors (Lipinski definition) is 3. The third kappa shape index (κ3) is 4.16. The molecule has 1 atom stereocenters. The van der Waals surface area contributed by atoms with E-state index in [4.69, 9.17) is 10.2 Å². The zero-order chi connectivity index (χ0) is 22.2. The molecule has 6 nitrogen and oxygen atoms in total. The number of halogens is 3. The van der Waals surface area contributed by atoms with Gasteiger partial charge in [0.05, 0.1) is 5.52 Å². The fourth-order valence-corrected chi connectivity index (χ4v) is 3.19. The highest BCUT2D eigenvalue weighted by molar-refractivity contribution is 5.98. The van der Waals surface area contributed by atoms with Crippen LogP contribution in [-0.4, -0.2) is 23.0 Å². The predicted octanol–water partition coefficient (Wildman–Crippen LogP) is 4.56. The average molecular weight is 427 g/mol. The van der Waals surface area contributed by atoms with Gasteiger partial charge in [-0.3, -0.25) is 9.59 Å². The van der Waals surface area contributed by atoms with Crippen LogP contribution in [0, 0.1) is 0 Å². The van der Waals surface area contributed by atoms with Crippen LogP contribution in [0.15, 0.2) is 71.1 Å². The monoisotopic (exact) mass is 427 g/mol. The molecule has 0 aliphatic heterocycles. The molecule has 2 heterocycles. The van der Waals surface area contributed by atoms with Crippen molar-refractivity contribution in [3.63, 3.8) is 0 Å². The van der Waals surface area contributed by atoms with E-state index in [-0.39, 0.29) is 16.8 Å². The van der Waals surface area contributed by atoms with Crippen LogP contribution in [0.3, 0.4) is 0 Å². The summed E-state index contributed by atoms with van der Waals surface area (Å²) < 4.78 is 46.5. The number of carbonyl (C=O) groups is 2. The molecular formula is C22H16F3N3O3. The van der Waals surface area contributed by atoms with E-state index in [9.17, 15) is 22.8 Å². The lowest BCUT2D eigenvalue weighted by atomic mass is 10.0. The summed E-state index contributed by atoms with van der Waals surface area (Å²) in [5.74, 6) is -1.14. The van der Waals surface area contributed by atoms with Gasteiger partial charge < -0.3 is 20.5 Å². The second-order valence-electron chi connectivity index (χ2n) is 6.87. The molecule has 2 aromatic carbocycles. The molecule has 0 unspecified atom stereocenters. The number of primary amides is 1. The summed E-state index contributed by atoms with van der Waals surface area (Å²) in [6.07, 6.45) is -4.75. The SMILES string of the molecule is NC(=O)c1ccc([C@H](NC(=O)c2cc3oc(-c4ccccc4)cc3[nH]2)C(F)(F)F)cc1. The maximum Gasteiger partial charge on any atom is 0.412 e. The molecule has 0 spiro atoms. The molecule has 2 aromatic heterocycles. The second kappa shape index (κ2) is 7.67. The van der Waals surface area contributed by atoms with Gasteiger partial charge in [-0.1, -0.05) is 42.5 Å². The highest BCUT2D eigenvalue weighted by atomic mass is 19.4. The lowest BCUT2D eigenvalue weighted by molar-refractivity contribution is -0.155. The van der Waals surface area contributed by atoms with Crippen molar-refractivity contribution in [2.45, 2.75) is 12.2 Å². The Balaban J connectivity index is 1.57. The number of nitrogens with one attached hydrogen (secondary N) is 2. The van der Waals surface area contributed by atoms with Crippen LogP contribution in [0.2, 0.25) is 0 Å². The molecule has 0 aliphatic carbocycles. The van der Waals surface area contributed by atoms with Crippen molar-refractivity contribution in [1.29, 1.82) is 0 Å². The summed E-state index contributed by atoms with van der Waals surface area (Å²) in [6, 6.07) is 14.6. The number of nitrogens with two attached hydrogens (primary N) is 1. The third-order valence-corrected chi connectivity index (χ3v) is 4.74. The van der Waals surface area contributed by atoms with E-state index in [0.29, 0.717) is 16.9 Å². The number of aromatic amines is 1. The molecule has 0 fully saturated rings. The topological polar surface area (TPSA) is 101 Å². The van der Waals surface area contributed by atoms with Crippen LogP contribution in [0.4, 0.5) is 13.2 Å². The third-order valence-electron chi connectivity index (χ3n) is 4.74. The minimum atomic E-state index is -4.75. The van der Waals surface area contributed by atoms with Crippen molar-refractivity contribution in [1.82, 2.24) is 10.3 Å². The number of fused-ring (bicyclic) bond motifs is 1. The summed E-state index contributed by atoms with van der Waals surface area (Å²) in [7, 11) is 0. The minimum absolute atomic E-state index is 0.0648. The Morgan fingerprint density at radius 1 is 1.00 bits per heavy atom. The maximum absolute atomic E-state index is 13.6. The Morgan fingerprint density at radius 3 is 2.26 bits per heavy atom. The normalized spacial score (nSPS) is 12.6. The van der Waals surface area contributed by atoms with Crippen LogP contribution in [0.5, 0.6) is 0 Å². The van der Waals surface area contributed by atoms with E-state index in [0.717, 1.165) is 17.7 Å². The molecule has 0 saturated heterocycles. The van der Waals surface area contributed by atoms with Crippen LogP contribution < -0.4 is 11.1 Å². The van der Waals surface area contributed by atoms with Crippen LogP contribution in [0.25, 0.3) is 22.4 Å². The van der Waals surface area contributed by atoms with E-state index in [2.05, 4.69) is 4.98 Å². The Hall–Kier alpha value is -4.01. The Labute approximate surface area is 173 Å². The van der Waals surface area contributed by atoms with E-state index < -0.39 is 24.0 Å². The molecule has 2 amide bonds. The van der Waals surface area contributed by atoms with Gasteiger partial charge in [0.1, 0.15) is 11.5 Å². The van der Waals surface area contributed by atoms with Crippen molar-refractivity contribution < 1.29 is 27.2 Å². The van der Waals surface area contributed by atoms with Gasteiger partial charge in [0, 0.05) is 23.3 Å². The fraction of sp³-hybridized carbons (Fsp3) is 0.0909. The number of aromatic nitrogens is 1.